The Morgan fingerprint density at radius 1 is 0.955 bits per heavy atom. The smallest absolute Gasteiger partial charge is 0.0404 e. The molecule has 4 nitrogen and oxygen atoms in total. The van der Waals surface area contributed by atoms with E-state index < -0.39 is 0 Å². The van der Waals surface area contributed by atoms with Crippen LogP contribution in [0.25, 0.3) is 0 Å². The van der Waals surface area contributed by atoms with Crippen LogP contribution in [0.2, 0.25) is 0 Å². The fourth-order valence-corrected chi connectivity index (χ4v) is 1.78. The van der Waals surface area contributed by atoms with Crippen molar-refractivity contribution in [2.24, 2.45) is 0 Å². The Morgan fingerprint density at radius 3 is 2.27 bits per heavy atom. The molecule has 0 atom stereocenters. The molecule has 0 spiro atoms. The van der Waals surface area contributed by atoms with E-state index in [4.69, 9.17) is 5.41 Å². The molecule has 22 heavy (non-hydrogen) atoms. The Morgan fingerprint density at radius 2 is 1.59 bits per heavy atom. The van der Waals surface area contributed by atoms with E-state index in [1.807, 2.05) is 36.4 Å². The van der Waals surface area contributed by atoms with E-state index >= 15 is 0 Å². The third-order valence-electron chi connectivity index (χ3n) is 2.67. The summed E-state index contributed by atoms with van der Waals surface area (Å²) in [6.07, 6.45) is 2.95. The van der Waals surface area contributed by atoms with Crippen LogP contribution >= 0.6 is 0 Å². The Labute approximate surface area is 132 Å². The van der Waals surface area contributed by atoms with Gasteiger partial charge in [-0.2, -0.15) is 0 Å². The molecule has 0 unspecified atom stereocenters. The first kappa shape index (κ1) is 17.3. The summed E-state index contributed by atoms with van der Waals surface area (Å²) in [6.45, 7) is 7.01. The van der Waals surface area contributed by atoms with Crippen molar-refractivity contribution in [3.8, 4) is 0 Å². The summed E-state index contributed by atoms with van der Waals surface area (Å²) in [7, 11) is 0. The van der Waals surface area contributed by atoms with Gasteiger partial charge in [0.15, 0.2) is 0 Å². The van der Waals surface area contributed by atoms with Crippen LogP contribution in [0.4, 0.5) is 17.1 Å². The second kappa shape index (κ2) is 11.0. The fraction of sp³-hybridized carbons (Fsp3) is 0.167. The topological polar surface area (TPSA) is 59.9 Å². The monoisotopic (exact) mass is 296 g/mol. The van der Waals surface area contributed by atoms with Gasteiger partial charge in [0.05, 0.1) is 0 Å². The number of rotatable bonds is 7. The molecule has 2 aromatic carbocycles. The van der Waals surface area contributed by atoms with Crippen molar-refractivity contribution in [3.05, 3.63) is 67.4 Å². The molecule has 0 aliphatic heterocycles. The van der Waals surface area contributed by atoms with E-state index in [1.54, 1.807) is 13.1 Å². The predicted octanol–water partition coefficient (Wildman–Crippen LogP) is 4.23. The van der Waals surface area contributed by atoms with Gasteiger partial charge < -0.3 is 21.4 Å². The van der Waals surface area contributed by atoms with E-state index in [2.05, 4.69) is 40.7 Å². The predicted molar refractivity (Wildman–Crippen MR) is 97.3 cm³/mol. The van der Waals surface area contributed by atoms with Crippen LogP contribution < -0.4 is 16.0 Å². The molecule has 0 aliphatic carbocycles. The highest BCUT2D eigenvalue weighted by atomic mass is 14.9. The molecular formula is C18H24N4. The van der Waals surface area contributed by atoms with Crippen molar-refractivity contribution in [2.45, 2.75) is 6.92 Å². The second-order valence-corrected chi connectivity index (χ2v) is 4.45. The molecular weight excluding hydrogens is 272 g/mol. The average molecular weight is 296 g/mol. The summed E-state index contributed by atoms with van der Waals surface area (Å²) >= 11 is 0. The van der Waals surface area contributed by atoms with E-state index in [-0.39, 0.29) is 0 Å². The third-order valence-corrected chi connectivity index (χ3v) is 2.67. The van der Waals surface area contributed by atoms with Gasteiger partial charge in [0.2, 0.25) is 0 Å². The second-order valence-electron chi connectivity index (χ2n) is 4.45. The van der Waals surface area contributed by atoms with Gasteiger partial charge in [-0.25, -0.2) is 0 Å². The fourth-order valence-electron chi connectivity index (χ4n) is 1.78. The third kappa shape index (κ3) is 7.14. The SMILES string of the molecule is C=CNCCNc1cccc(Nc2ccccc2)c1.CC=N. The Hall–Kier alpha value is -2.75. The molecule has 0 fully saturated rings. The number of hydrogen-bond donors (Lipinski definition) is 4. The standard InChI is InChI=1S/C16H19N3.C2H5N/c1-2-17-11-12-18-15-9-6-10-16(13-15)19-14-7-4-3-5-8-14;1-2-3/h2-10,13,17-19H,1,11-12H2;2-3H,1H3. The van der Waals surface area contributed by atoms with Crippen LogP contribution in [-0.2, 0) is 0 Å². The zero-order valence-corrected chi connectivity index (χ0v) is 13.0. The first-order valence-electron chi connectivity index (χ1n) is 7.25. The molecule has 0 bridgehead atoms. The van der Waals surface area contributed by atoms with Gasteiger partial charge in [-0.1, -0.05) is 30.8 Å². The molecule has 4 heteroatoms. The zero-order valence-electron chi connectivity index (χ0n) is 13.0. The van der Waals surface area contributed by atoms with Gasteiger partial charge >= 0.3 is 0 Å². The highest BCUT2D eigenvalue weighted by molar-refractivity contribution is 5.64. The van der Waals surface area contributed by atoms with Gasteiger partial charge in [0.1, 0.15) is 0 Å². The summed E-state index contributed by atoms with van der Waals surface area (Å²) in [5.74, 6) is 0. The number of anilines is 3. The highest BCUT2D eigenvalue weighted by Crippen LogP contribution is 2.19. The summed E-state index contributed by atoms with van der Waals surface area (Å²) in [5.41, 5.74) is 3.27. The Kier molecular flexibility index (Phi) is 8.63. The van der Waals surface area contributed by atoms with E-state index in [0.29, 0.717) is 0 Å². The Bertz CT molecular complexity index is 552. The van der Waals surface area contributed by atoms with Gasteiger partial charge in [0.25, 0.3) is 0 Å². The van der Waals surface area contributed by atoms with Crippen molar-refractivity contribution in [2.75, 3.05) is 23.7 Å². The lowest BCUT2D eigenvalue weighted by molar-refractivity contribution is 0.871. The lowest BCUT2D eigenvalue weighted by Gasteiger charge is -2.10. The molecule has 0 heterocycles. The van der Waals surface area contributed by atoms with Crippen LogP contribution in [0.5, 0.6) is 0 Å². The maximum atomic E-state index is 6.08. The maximum absolute atomic E-state index is 6.08. The van der Waals surface area contributed by atoms with Gasteiger partial charge in [0, 0.05) is 30.2 Å². The van der Waals surface area contributed by atoms with Crippen LogP contribution in [0.1, 0.15) is 6.92 Å². The van der Waals surface area contributed by atoms with E-state index in [9.17, 15) is 0 Å². The largest absolute Gasteiger partial charge is 0.390 e. The molecule has 4 N–H and O–H groups in total. The Balaban J connectivity index is 0.000000745. The number of para-hydroxylation sites is 1. The molecule has 0 saturated heterocycles. The first-order chi connectivity index (χ1) is 10.8. The van der Waals surface area contributed by atoms with Crippen molar-refractivity contribution in [3.63, 3.8) is 0 Å². The molecule has 0 aliphatic rings. The number of nitrogens with one attached hydrogen (secondary N) is 4. The molecule has 0 aromatic heterocycles. The first-order valence-corrected chi connectivity index (χ1v) is 7.25. The van der Waals surface area contributed by atoms with Crippen LogP contribution in [0, 0.1) is 5.41 Å². The van der Waals surface area contributed by atoms with Gasteiger partial charge in [-0.3, -0.25) is 0 Å². The van der Waals surface area contributed by atoms with Gasteiger partial charge in [-0.05, 0) is 49.7 Å². The van der Waals surface area contributed by atoms with Crippen molar-refractivity contribution < 1.29 is 0 Å². The minimum absolute atomic E-state index is 0.861. The van der Waals surface area contributed by atoms with E-state index in [0.717, 1.165) is 30.2 Å². The minimum atomic E-state index is 0.861. The average Bonchev–Trinajstić information content (AvgIpc) is 2.54. The van der Waals surface area contributed by atoms with Crippen LogP contribution in [-0.4, -0.2) is 19.3 Å². The molecule has 2 aromatic rings. The molecule has 2 rings (SSSR count). The highest BCUT2D eigenvalue weighted by Gasteiger charge is 1.96. The van der Waals surface area contributed by atoms with E-state index in [1.165, 1.54) is 6.21 Å². The molecule has 0 saturated carbocycles. The van der Waals surface area contributed by atoms with Crippen molar-refractivity contribution in [1.82, 2.24) is 5.32 Å². The zero-order chi connectivity index (χ0) is 16.0. The molecule has 0 radical (unpaired) electrons. The molecule has 116 valence electrons. The number of benzene rings is 2. The number of hydrogen-bond acceptors (Lipinski definition) is 4. The van der Waals surface area contributed by atoms with Crippen molar-refractivity contribution in [1.29, 1.82) is 5.41 Å². The lowest BCUT2D eigenvalue weighted by atomic mass is 10.2. The van der Waals surface area contributed by atoms with Crippen LogP contribution in [0.3, 0.4) is 0 Å². The quantitative estimate of drug-likeness (QED) is 0.457. The summed E-state index contributed by atoms with van der Waals surface area (Å²) in [6, 6.07) is 18.4. The lowest BCUT2D eigenvalue weighted by Crippen LogP contribution is -2.16. The minimum Gasteiger partial charge on any atom is -0.390 e. The van der Waals surface area contributed by atoms with Crippen molar-refractivity contribution >= 4 is 23.3 Å². The summed E-state index contributed by atoms with van der Waals surface area (Å²) < 4.78 is 0. The summed E-state index contributed by atoms with van der Waals surface area (Å²) in [5, 5.41) is 15.9. The maximum Gasteiger partial charge on any atom is 0.0404 e. The van der Waals surface area contributed by atoms with Crippen LogP contribution in [0.15, 0.2) is 67.4 Å². The normalized spacial score (nSPS) is 8.95. The molecule has 0 amide bonds. The summed E-state index contributed by atoms with van der Waals surface area (Å²) in [4.78, 5) is 0. The van der Waals surface area contributed by atoms with Gasteiger partial charge in [-0.15, -0.1) is 0 Å².